The van der Waals surface area contributed by atoms with Crippen LogP contribution in [-0.2, 0) is 24.0 Å². The first-order valence-corrected chi connectivity index (χ1v) is 9.28. The topological polar surface area (TPSA) is 278 Å². The number of aliphatic imine (C=N–C) groups is 1. The highest BCUT2D eigenvalue weighted by Crippen LogP contribution is 1.99. The Morgan fingerprint density at radius 3 is 2.10 bits per heavy atom. The van der Waals surface area contributed by atoms with Gasteiger partial charge in [0.05, 0.1) is 19.2 Å². The van der Waals surface area contributed by atoms with Gasteiger partial charge >= 0.3 is 5.97 Å². The van der Waals surface area contributed by atoms with Crippen LogP contribution in [0.25, 0.3) is 0 Å². The van der Waals surface area contributed by atoms with E-state index in [2.05, 4.69) is 20.9 Å². The Hall–Kier alpha value is -3.46. The number of nitrogens with one attached hydrogen (secondary N) is 3. The molecule has 31 heavy (non-hydrogen) atoms. The van der Waals surface area contributed by atoms with Crippen LogP contribution in [-0.4, -0.2) is 83.6 Å². The van der Waals surface area contributed by atoms with Crippen LogP contribution in [0.4, 0.5) is 0 Å². The van der Waals surface area contributed by atoms with Crippen molar-refractivity contribution in [2.45, 2.75) is 43.8 Å². The van der Waals surface area contributed by atoms with E-state index in [0.717, 1.165) is 0 Å². The molecule has 0 saturated carbocycles. The maximum absolute atomic E-state index is 12.1. The number of aliphatic hydroxyl groups is 1. The highest BCUT2D eigenvalue weighted by molar-refractivity contribution is 5.92. The third-order valence-corrected chi connectivity index (χ3v) is 3.86. The fourth-order valence-electron chi connectivity index (χ4n) is 2.20. The second kappa shape index (κ2) is 14.5. The number of aliphatic hydroxyl groups excluding tert-OH is 1. The molecule has 0 radical (unpaired) electrons. The molecule has 0 aromatic rings. The van der Waals surface area contributed by atoms with Crippen LogP contribution in [0.2, 0.25) is 0 Å². The van der Waals surface area contributed by atoms with E-state index in [0.29, 0.717) is 6.42 Å². The Morgan fingerprint density at radius 2 is 1.58 bits per heavy atom. The summed E-state index contributed by atoms with van der Waals surface area (Å²) >= 11 is 0. The zero-order valence-electron chi connectivity index (χ0n) is 16.9. The van der Waals surface area contributed by atoms with Gasteiger partial charge in [0.1, 0.15) is 12.1 Å². The molecule has 0 rings (SSSR count). The van der Waals surface area contributed by atoms with E-state index >= 15 is 0 Å². The lowest BCUT2D eigenvalue weighted by molar-refractivity contribution is -0.142. The molecule has 0 heterocycles. The van der Waals surface area contributed by atoms with E-state index in [9.17, 15) is 29.1 Å². The monoisotopic (exact) mass is 446 g/mol. The predicted molar refractivity (Wildman–Crippen MR) is 108 cm³/mol. The Balaban J connectivity index is 4.53. The first-order valence-electron chi connectivity index (χ1n) is 9.28. The number of carbonyl (C=O) groups excluding carboxylic acids is 4. The third-order valence-electron chi connectivity index (χ3n) is 3.86. The number of carboxylic acid groups (broad SMARTS) is 1. The quantitative estimate of drug-likeness (QED) is 0.0654. The summed E-state index contributed by atoms with van der Waals surface area (Å²) in [5.41, 5.74) is 21.0. The summed E-state index contributed by atoms with van der Waals surface area (Å²) < 4.78 is 0. The number of carbonyl (C=O) groups is 5. The summed E-state index contributed by atoms with van der Waals surface area (Å²) in [6.45, 7) is -1.08. The maximum atomic E-state index is 12.1. The van der Waals surface area contributed by atoms with Gasteiger partial charge in [0, 0.05) is 13.0 Å². The van der Waals surface area contributed by atoms with Gasteiger partial charge in [0.2, 0.25) is 23.6 Å². The average Bonchev–Trinajstić information content (AvgIpc) is 2.69. The summed E-state index contributed by atoms with van der Waals surface area (Å²) in [6, 6.07) is -3.84. The highest BCUT2D eigenvalue weighted by atomic mass is 16.4. The van der Waals surface area contributed by atoms with E-state index in [1.807, 2.05) is 0 Å². The van der Waals surface area contributed by atoms with Crippen molar-refractivity contribution >= 4 is 35.6 Å². The smallest absolute Gasteiger partial charge is 0.326 e. The van der Waals surface area contributed by atoms with Crippen molar-refractivity contribution in [1.82, 2.24) is 16.0 Å². The number of guanidine groups is 1. The number of hydrogen-bond acceptors (Lipinski definition) is 8. The predicted octanol–water partition coefficient (Wildman–Crippen LogP) is -5.20. The minimum Gasteiger partial charge on any atom is -0.480 e. The summed E-state index contributed by atoms with van der Waals surface area (Å²) in [6.07, 6.45) is 0.144. The zero-order chi connectivity index (χ0) is 24.0. The summed E-state index contributed by atoms with van der Waals surface area (Å²) in [4.78, 5) is 61.6. The molecule has 4 amide bonds. The van der Waals surface area contributed by atoms with Crippen LogP contribution in [0.15, 0.2) is 4.99 Å². The van der Waals surface area contributed by atoms with Gasteiger partial charge in [0.15, 0.2) is 5.96 Å². The number of carboxylic acids is 1. The van der Waals surface area contributed by atoms with Crippen LogP contribution in [0.5, 0.6) is 0 Å². The van der Waals surface area contributed by atoms with Crippen molar-refractivity contribution in [1.29, 1.82) is 0 Å². The summed E-state index contributed by atoms with van der Waals surface area (Å²) in [5, 5.41) is 24.9. The molecule has 176 valence electrons. The molecule has 13 N–H and O–H groups in total. The van der Waals surface area contributed by atoms with Crippen LogP contribution in [0.1, 0.15) is 25.7 Å². The molecule has 0 aromatic heterocycles. The number of nitrogens with zero attached hydrogens (tertiary/aromatic N) is 1. The molecule has 0 aromatic carbocycles. The maximum Gasteiger partial charge on any atom is 0.326 e. The molecular weight excluding hydrogens is 416 g/mol. The fraction of sp³-hybridized carbons (Fsp3) is 0.625. The van der Waals surface area contributed by atoms with E-state index < -0.39 is 60.9 Å². The standard InChI is InChI=1S/C16H30N8O7/c17-8(2-1-5-21-16(19)20)13(28)22-6-12(27)23-10(7-25)14(29)24-9(15(30)31)3-4-11(18)26/h8-10,25H,1-7,17H2,(H2,18,26)(H,22,28)(H,23,27)(H,24,29)(H,30,31)(H4,19,20,21). The van der Waals surface area contributed by atoms with Crippen molar-refractivity contribution in [3.05, 3.63) is 0 Å². The second-order valence-electron chi connectivity index (χ2n) is 6.48. The van der Waals surface area contributed by atoms with Gasteiger partial charge in [-0.15, -0.1) is 0 Å². The van der Waals surface area contributed by atoms with Gasteiger partial charge in [-0.05, 0) is 19.3 Å². The van der Waals surface area contributed by atoms with Crippen molar-refractivity contribution < 1.29 is 34.2 Å². The van der Waals surface area contributed by atoms with Crippen molar-refractivity contribution in [2.75, 3.05) is 19.7 Å². The number of primary amides is 1. The van der Waals surface area contributed by atoms with Gasteiger partial charge in [-0.1, -0.05) is 0 Å². The van der Waals surface area contributed by atoms with Gasteiger partial charge < -0.3 is 49.1 Å². The number of hydrogen-bond donors (Lipinski definition) is 9. The number of aliphatic carboxylic acids is 1. The zero-order valence-corrected chi connectivity index (χ0v) is 16.9. The van der Waals surface area contributed by atoms with E-state index in [1.165, 1.54) is 0 Å². The third kappa shape index (κ3) is 12.7. The second-order valence-corrected chi connectivity index (χ2v) is 6.48. The van der Waals surface area contributed by atoms with Gasteiger partial charge in [-0.2, -0.15) is 0 Å². The molecule has 0 bridgehead atoms. The molecule has 0 aliphatic carbocycles. The fourth-order valence-corrected chi connectivity index (χ4v) is 2.20. The molecule has 0 spiro atoms. The Bertz CT molecular complexity index is 681. The highest BCUT2D eigenvalue weighted by Gasteiger charge is 2.26. The Kier molecular flexibility index (Phi) is 12.9. The van der Waals surface area contributed by atoms with E-state index in [1.54, 1.807) is 0 Å². The summed E-state index contributed by atoms with van der Waals surface area (Å²) in [7, 11) is 0. The van der Waals surface area contributed by atoms with Crippen molar-refractivity contribution in [2.24, 2.45) is 27.9 Å². The number of amides is 4. The van der Waals surface area contributed by atoms with Crippen molar-refractivity contribution in [3.8, 4) is 0 Å². The number of rotatable bonds is 15. The molecular formula is C16H30N8O7. The van der Waals surface area contributed by atoms with Gasteiger partial charge in [0.25, 0.3) is 0 Å². The molecule has 15 nitrogen and oxygen atoms in total. The molecule has 3 unspecified atom stereocenters. The largest absolute Gasteiger partial charge is 0.480 e. The van der Waals surface area contributed by atoms with Crippen LogP contribution in [0, 0.1) is 0 Å². The SMILES string of the molecule is NC(=O)CCC(NC(=O)C(CO)NC(=O)CNC(=O)C(N)CCCN=C(N)N)C(=O)O. The van der Waals surface area contributed by atoms with Gasteiger partial charge in [-0.25, -0.2) is 4.79 Å². The van der Waals surface area contributed by atoms with E-state index in [4.69, 9.17) is 28.0 Å². The van der Waals surface area contributed by atoms with Crippen LogP contribution >= 0.6 is 0 Å². The lowest BCUT2D eigenvalue weighted by Crippen LogP contribution is -2.55. The lowest BCUT2D eigenvalue weighted by atomic mass is 10.1. The minimum absolute atomic E-state index is 0.0836. The van der Waals surface area contributed by atoms with Crippen LogP contribution < -0.4 is 38.9 Å². The van der Waals surface area contributed by atoms with E-state index in [-0.39, 0.29) is 31.8 Å². The molecule has 0 aliphatic rings. The molecule has 0 aliphatic heterocycles. The van der Waals surface area contributed by atoms with Crippen molar-refractivity contribution in [3.63, 3.8) is 0 Å². The average molecular weight is 446 g/mol. The molecule has 3 atom stereocenters. The molecule has 0 fully saturated rings. The normalized spacial score (nSPS) is 13.2. The lowest BCUT2D eigenvalue weighted by Gasteiger charge is -2.20. The summed E-state index contributed by atoms with van der Waals surface area (Å²) in [5.74, 6) is -4.69. The Labute approximate surface area is 178 Å². The minimum atomic E-state index is -1.48. The molecule has 15 heteroatoms. The van der Waals surface area contributed by atoms with Gasteiger partial charge in [-0.3, -0.25) is 24.2 Å². The molecule has 0 saturated heterocycles. The number of nitrogens with two attached hydrogens (primary N) is 4. The van der Waals surface area contributed by atoms with Crippen LogP contribution in [0.3, 0.4) is 0 Å². The first kappa shape index (κ1) is 27.5. The first-order chi connectivity index (χ1) is 14.5. The Morgan fingerprint density at radius 1 is 0.935 bits per heavy atom.